The van der Waals surface area contributed by atoms with E-state index in [0.29, 0.717) is 0 Å². The van der Waals surface area contributed by atoms with Crippen molar-refractivity contribution in [1.82, 2.24) is 0 Å². The predicted molar refractivity (Wildman–Crippen MR) is 126 cm³/mol. The van der Waals surface area contributed by atoms with Crippen molar-refractivity contribution in [3.05, 3.63) is 112 Å². The van der Waals surface area contributed by atoms with Gasteiger partial charge in [0.2, 0.25) is 0 Å². The van der Waals surface area contributed by atoms with Crippen molar-refractivity contribution in [2.45, 2.75) is 27.7 Å². The Labute approximate surface area is 169 Å². The largest absolute Gasteiger partial charge is 0.0871 e. The summed E-state index contributed by atoms with van der Waals surface area (Å²) in [6, 6.07) is 24.0. The first kappa shape index (κ1) is 19.6. The van der Waals surface area contributed by atoms with E-state index in [-0.39, 0.29) is 0 Å². The van der Waals surface area contributed by atoms with E-state index in [1.54, 1.807) is 0 Å². The molecule has 0 spiro atoms. The Balaban J connectivity index is 1.93. The fourth-order valence-electron chi connectivity index (χ4n) is 3.19. The Kier molecular flexibility index (Phi) is 6.45. The lowest BCUT2D eigenvalue weighted by Crippen LogP contribution is -1.84. The van der Waals surface area contributed by atoms with Crippen LogP contribution in [0.4, 0.5) is 0 Å². The topological polar surface area (TPSA) is 0 Å². The van der Waals surface area contributed by atoms with Crippen LogP contribution in [0.2, 0.25) is 0 Å². The average Bonchev–Trinajstić information content (AvgIpc) is 2.68. The third-order valence-corrected chi connectivity index (χ3v) is 4.79. The van der Waals surface area contributed by atoms with Gasteiger partial charge in [-0.1, -0.05) is 90.0 Å². The third-order valence-electron chi connectivity index (χ3n) is 4.79. The van der Waals surface area contributed by atoms with Gasteiger partial charge >= 0.3 is 0 Å². The van der Waals surface area contributed by atoms with Crippen LogP contribution in [0.3, 0.4) is 0 Å². The van der Waals surface area contributed by atoms with Gasteiger partial charge in [0, 0.05) is 0 Å². The van der Waals surface area contributed by atoms with E-state index in [9.17, 15) is 0 Å². The van der Waals surface area contributed by atoms with Gasteiger partial charge in [-0.2, -0.15) is 0 Å². The highest BCUT2D eigenvalue weighted by atomic mass is 14.0. The minimum absolute atomic E-state index is 1.21. The standard InChI is InChI=1S/C28H28/c1-5-6-25-18-26(14-13-24-11-7-21(2)8-12-24)20-27(19-25)17-23(4)28-15-9-22(3)10-16-28/h5-20H,1-4H3/b6-5+,14-13+,23-17+. The summed E-state index contributed by atoms with van der Waals surface area (Å²) >= 11 is 0. The zero-order valence-corrected chi connectivity index (χ0v) is 17.2. The maximum atomic E-state index is 2.26. The van der Waals surface area contributed by atoms with Crippen molar-refractivity contribution in [1.29, 1.82) is 0 Å². The molecule has 0 unspecified atom stereocenters. The summed E-state index contributed by atoms with van der Waals surface area (Å²) in [4.78, 5) is 0. The summed E-state index contributed by atoms with van der Waals surface area (Å²) in [5.41, 5.74) is 9.97. The zero-order chi connectivity index (χ0) is 19.9. The number of hydrogen-bond acceptors (Lipinski definition) is 0. The minimum atomic E-state index is 1.21. The summed E-state index contributed by atoms with van der Waals surface area (Å²) < 4.78 is 0. The van der Waals surface area contributed by atoms with Gasteiger partial charge in [-0.05, 0) is 79.3 Å². The van der Waals surface area contributed by atoms with E-state index < -0.39 is 0 Å². The van der Waals surface area contributed by atoms with Crippen molar-refractivity contribution in [2.24, 2.45) is 0 Å². The van der Waals surface area contributed by atoms with E-state index in [1.165, 1.54) is 44.5 Å². The molecule has 3 rings (SSSR count). The molecule has 0 radical (unpaired) electrons. The summed E-state index contributed by atoms with van der Waals surface area (Å²) in [6.45, 7) is 8.47. The van der Waals surface area contributed by atoms with Gasteiger partial charge in [0.25, 0.3) is 0 Å². The Morgan fingerprint density at radius 2 is 1.11 bits per heavy atom. The molecule has 0 aliphatic rings. The van der Waals surface area contributed by atoms with E-state index >= 15 is 0 Å². The average molecular weight is 365 g/mol. The first-order valence-corrected chi connectivity index (χ1v) is 9.81. The normalized spacial score (nSPS) is 12.2. The molecule has 0 saturated carbocycles. The van der Waals surface area contributed by atoms with Gasteiger partial charge in [0.1, 0.15) is 0 Å². The van der Waals surface area contributed by atoms with Crippen LogP contribution in [0.15, 0.2) is 72.8 Å². The van der Waals surface area contributed by atoms with E-state index in [0.717, 1.165) is 0 Å². The van der Waals surface area contributed by atoms with E-state index in [1.807, 2.05) is 0 Å². The maximum absolute atomic E-state index is 2.26. The van der Waals surface area contributed by atoms with Crippen LogP contribution >= 0.6 is 0 Å². The molecule has 0 fully saturated rings. The fourth-order valence-corrected chi connectivity index (χ4v) is 3.19. The van der Waals surface area contributed by atoms with E-state index in [4.69, 9.17) is 0 Å². The Morgan fingerprint density at radius 1 is 0.607 bits per heavy atom. The van der Waals surface area contributed by atoms with Crippen LogP contribution in [0, 0.1) is 13.8 Å². The highest BCUT2D eigenvalue weighted by Gasteiger charge is 2.00. The molecule has 0 heterocycles. The second kappa shape index (κ2) is 9.19. The first-order valence-electron chi connectivity index (χ1n) is 9.81. The summed E-state index contributed by atoms with van der Waals surface area (Å²) in [6.07, 6.45) is 10.9. The lowest BCUT2D eigenvalue weighted by Gasteiger charge is -2.06. The number of aryl methyl sites for hydroxylation is 2. The molecule has 3 aromatic carbocycles. The van der Waals surface area contributed by atoms with Crippen molar-refractivity contribution < 1.29 is 0 Å². The lowest BCUT2D eigenvalue weighted by atomic mass is 9.99. The third kappa shape index (κ3) is 5.44. The molecule has 28 heavy (non-hydrogen) atoms. The number of rotatable bonds is 5. The molecule has 0 atom stereocenters. The monoisotopic (exact) mass is 364 g/mol. The van der Waals surface area contributed by atoms with Crippen LogP contribution in [-0.4, -0.2) is 0 Å². The van der Waals surface area contributed by atoms with Gasteiger partial charge in [0.15, 0.2) is 0 Å². The summed E-state index contributed by atoms with van der Waals surface area (Å²) in [5.74, 6) is 0. The molecule has 0 amide bonds. The van der Waals surface area contributed by atoms with Crippen LogP contribution in [0.5, 0.6) is 0 Å². The molecule has 0 aliphatic heterocycles. The molecule has 0 aromatic heterocycles. The quantitative estimate of drug-likeness (QED) is 0.401. The molecule has 0 N–H and O–H groups in total. The van der Waals surface area contributed by atoms with E-state index in [2.05, 4.69) is 125 Å². The Hall–Kier alpha value is -3.12. The molecule has 0 saturated heterocycles. The highest BCUT2D eigenvalue weighted by Crippen LogP contribution is 2.22. The van der Waals surface area contributed by atoms with Gasteiger partial charge in [-0.3, -0.25) is 0 Å². The van der Waals surface area contributed by atoms with Crippen molar-refractivity contribution in [2.75, 3.05) is 0 Å². The van der Waals surface area contributed by atoms with Crippen molar-refractivity contribution >= 4 is 29.9 Å². The smallest absolute Gasteiger partial charge is 0.0227 e. The molecule has 0 nitrogen and oxygen atoms in total. The van der Waals surface area contributed by atoms with Crippen LogP contribution < -0.4 is 0 Å². The molecular weight excluding hydrogens is 336 g/mol. The number of hydrogen-bond donors (Lipinski definition) is 0. The van der Waals surface area contributed by atoms with Gasteiger partial charge in [-0.15, -0.1) is 0 Å². The van der Waals surface area contributed by atoms with Gasteiger partial charge < -0.3 is 0 Å². The molecular formula is C28H28. The Bertz CT molecular complexity index is 1010. The van der Waals surface area contributed by atoms with Crippen LogP contribution in [0.25, 0.3) is 29.9 Å². The minimum Gasteiger partial charge on any atom is -0.0871 e. The van der Waals surface area contributed by atoms with Crippen LogP contribution in [-0.2, 0) is 0 Å². The van der Waals surface area contributed by atoms with Crippen LogP contribution in [0.1, 0.15) is 52.8 Å². The first-order chi connectivity index (χ1) is 13.5. The molecule has 3 aromatic rings. The van der Waals surface area contributed by atoms with Crippen molar-refractivity contribution in [3.8, 4) is 0 Å². The number of allylic oxidation sites excluding steroid dienone is 2. The summed E-state index contributed by atoms with van der Waals surface area (Å²) in [5, 5.41) is 0. The predicted octanol–water partition coefficient (Wildman–Crippen LogP) is 8.07. The second-order valence-corrected chi connectivity index (χ2v) is 7.37. The maximum Gasteiger partial charge on any atom is -0.0227 e. The summed E-state index contributed by atoms with van der Waals surface area (Å²) in [7, 11) is 0. The second-order valence-electron chi connectivity index (χ2n) is 7.37. The molecule has 0 bridgehead atoms. The SMILES string of the molecule is C/C=C/c1cc(/C=C/c2ccc(C)cc2)cc(/C=C(\C)c2ccc(C)cc2)c1. The van der Waals surface area contributed by atoms with Gasteiger partial charge in [0.05, 0.1) is 0 Å². The number of benzene rings is 3. The highest BCUT2D eigenvalue weighted by molar-refractivity contribution is 5.82. The zero-order valence-electron chi connectivity index (χ0n) is 17.2. The fraction of sp³-hybridized carbons (Fsp3) is 0.143. The molecule has 0 heteroatoms. The lowest BCUT2D eigenvalue weighted by molar-refractivity contribution is 1.45. The van der Waals surface area contributed by atoms with Gasteiger partial charge in [-0.25, -0.2) is 0 Å². The molecule has 0 aliphatic carbocycles. The Morgan fingerprint density at radius 3 is 1.71 bits per heavy atom. The molecule has 140 valence electrons. The van der Waals surface area contributed by atoms with Crippen molar-refractivity contribution in [3.63, 3.8) is 0 Å².